The van der Waals surface area contributed by atoms with Crippen molar-refractivity contribution in [3.05, 3.63) is 0 Å². The second-order valence-electron chi connectivity index (χ2n) is 2.70. The molecule has 0 amide bonds. The van der Waals surface area contributed by atoms with Crippen LogP contribution < -0.4 is 0 Å². The molecule has 0 atom stereocenters. The smallest absolute Gasteiger partial charge is 0.211 e. The first kappa shape index (κ1) is 16.4. The number of sulfonamides is 2. The van der Waals surface area contributed by atoms with E-state index in [1.165, 1.54) is 0 Å². The molecule has 0 aliphatic heterocycles. The minimum absolute atomic E-state index is 0.121. The van der Waals surface area contributed by atoms with Crippen LogP contribution in [0.3, 0.4) is 0 Å². The maximum Gasteiger partial charge on any atom is 0.512 e. The fraction of sp³-hybridized carbons (Fsp3) is 1.00. The molecule has 0 aromatic heterocycles. The third kappa shape index (κ3) is 3.99. The van der Waals surface area contributed by atoms with Crippen molar-refractivity contribution in [2.24, 2.45) is 0 Å². The highest BCUT2D eigenvalue weighted by Crippen LogP contribution is 2.29. The Morgan fingerprint density at radius 3 is 1.53 bits per heavy atom. The second kappa shape index (κ2) is 4.28. The van der Waals surface area contributed by atoms with Gasteiger partial charge in [-0.15, -0.1) is 0 Å². The van der Waals surface area contributed by atoms with Crippen molar-refractivity contribution in [2.45, 2.75) is 11.7 Å². The van der Waals surface area contributed by atoms with Gasteiger partial charge in [-0.25, -0.2) is 16.8 Å². The Bertz CT molecular complexity index is 473. The lowest BCUT2D eigenvalue weighted by molar-refractivity contribution is -0.106. The zero-order valence-electron chi connectivity index (χ0n) is 7.87. The summed E-state index contributed by atoms with van der Waals surface area (Å²) in [6, 6.07) is 0. The largest absolute Gasteiger partial charge is 0.512 e. The van der Waals surface area contributed by atoms with Crippen molar-refractivity contribution in [2.75, 3.05) is 12.8 Å². The normalized spacial score (nSPS) is 15.3. The molecule has 0 aliphatic rings. The number of halogens is 6. The van der Waals surface area contributed by atoms with Gasteiger partial charge in [0.2, 0.25) is 10.0 Å². The van der Waals surface area contributed by atoms with E-state index >= 15 is 0 Å². The van der Waals surface area contributed by atoms with Crippen LogP contribution in [-0.2, 0) is 20.0 Å². The van der Waals surface area contributed by atoms with Gasteiger partial charge in [0.15, 0.2) is 5.75 Å². The maximum atomic E-state index is 11.9. The van der Waals surface area contributed by atoms with E-state index in [-0.39, 0.29) is 7.05 Å². The van der Waals surface area contributed by atoms with E-state index in [4.69, 9.17) is 0 Å². The molecular formula is C4H5F6NO4S2. The summed E-state index contributed by atoms with van der Waals surface area (Å²) in [5.41, 5.74) is -6.00. The summed E-state index contributed by atoms with van der Waals surface area (Å²) in [7, 11) is -12.1. The summed E-state index contributed by atoms with van der Waals surface area (Å²) in [6.45, 7) is 0. The predicted molar refractivity (Wildman–Crippen MR) is 42.6 cm³/mol. The number of alkyl halides is 6. The Morgan fingerprint density at radius 2 is 1.29 bits per heavy atom. The summed E-state index contributed by atoms with van der Waals surface area (Å²) in [6.07, 6.45) is -5.35. The second-order valence-corrected chi connectivity index (χ2v) is 6.89. The van der Waals surface area contributed by atoms with E-state index in [9.17, 15) is 43.2 Å². The Kier molecular flexibility index (Phi) is 4.13. The monoisotopic (exact) mass is 309 g/mol. The van der Waals surface area contributed by atoms with Crippen LogP contribution in [0.15, 0.2) is 0 Å². The van der Waals surface area contributed by atoms with Gasteiger partial charge in [-0.3, -0.25) is 0 Å². The fourth-order valence-corrected chi connectivity index (χ4v) is 3.09. The quantitative estimate of drug-likeness (QED) is 0.718. The first-order valence-corrected chi connectivity index (χ1v) is 6.51. The SMILES string of the molecule is CN(S(=O)(=O)CC(F)(F)F)S(=O)(=O)C(F)(F)F. The van der Waals surface area contributed by atoms with E-state index in [2.05, 4.69) is 0 Å². The average molecular weight is 309 g/mol. The molecule has 0 saturated carbocycles. The van der Waals surface area contributed by atoms with Crippen molar-refractivity contribution >= 4 is 20.0 Å². The molecule has 0 heterocycles. The van der Waals surface area contributed by atoms with Gasteiger partial charge in [-0.1, -0.05) is 3.71 Å². The van der Waals surface area contributed by atoms with Gasteiger partial charge < -0.3 is 0 Å². The molecule has 0 aromatic rings. The number of hydrogen-bond acceptors (Lipinski definition) is 4. The van der Waals surface area contributed by atoms with Gasteiger partial charge in [0.1, 0.15) is 0 Å². The molecule has 0 aliphatic carbocycles. The molecular weight excluding hydrogens is 304 g/mol. The Labute approximate surface area is 92.1 Å². The third-order valence-electron chi connectivity index (χ3n) is 1.37. The van der Waals surface area contributed by atoms with Crippen LogP contribution in [-0.4, -0.2) is 45.0 Å². The van der Waals surface area contributed by atoms with Crippen LogP contribution in [0.2, 0.25) is 0 Å². The number of hydrogen-bond donors (Lipinski definition) is 0. The topological polar surface area (TPSA) is 71.5 Å². The van der Waals surface area contributed by atoms with Crippen molar-refractivity contribution in [3.63, 3.8) is 0 Å². The molecule has 5 nitrogen and oxygen atoms in total. The van der Waals surface area contributed by atoms with Crippen molar-refractivity contribution in [1.82, 2.24) is 3.71 Å². The first-order chi connectivity index (χ1) is 7.11. The molecule has 0 saturated heterocycles. The molecule has 0 unspecified atom stereocenters. The van der Waals surface area contributed by atoms with Crippen LogP contribution in [0.5, 0.6) is 0 Å². The molecule has 0 fully saturated rings. The van der Waals surface area contributed by atoms with Crippen molar-refractivity contribution in [3.8, 4) is 0 Å². The van der Waals surface area contributed by atoms with E-state index in [0.29, 0.717) is 0 Å². The summed E-state index contributed by atoms with van der Waals surface area (Å²) >= 11 is 0. The zero-order chi connectivity index (χ0) is 14.3. The van der Waals surface area contributed by atoms with E-state index in [0.717, 1.165) is 0 Å². The van der Waals surface area contributed by atoms with E-state index in [1.54, 1.807) is 0 Å². The number of rotatable bonds is 3. The van der Waals surface area contributed by atoms with Gasteiger partial charge in [-0.05, 0) is 0 Å². The van der Waals surface area contributed by atoms with Gasteiger partial charge in [0.05, 0.1) is 0 Å². The van der Waals surface area contributed by atoms with Crippen LogP contribution in [0.25, 0.3) is 0 Å². The minimum Gasteiger partial charge on any atom is -0.211 e. The molecule has 0 radical (unpaired) electrons. The van der Waals surface area contributed by atoms with Crippen molar-refractivity contribution < 1.29 is 43.2 Å². The molecule has 13 heteroatoms. The fourth-order valence-electron chi connectivity index (χ4n) is 0.593. The molecule has 17 heavy (non-hydrogen) atoms. The van der Waals surface area contributed by atoms with Gasteiger partial charge in [0, 0.05) is 7.05 Å². The highest BCUT2D eigenvalue weighted by molar-refractivity contribution is 8.04. The van der Waals surface area contributed by atoms with Crippen LogP contribution in [0, 0.1) is 0 Å². The van der Waals surface area contributed by atoms with Gasteiger partial charge >= 0.3 is 21.7 Å². The molecule has 0 aromatic carbocycles. The van der Waals surface area contributed by atoms with Gasteiger partial charge in [-0.2, -0.15) is 26.3 Å². The Morgan fingerprint density at radius 1 is 0.941 bits per heavy atom. The molecule has 0 rings (SSSR count). The summed E-state index contributed by atoms with van der Waals surface area (Å²) in [5, 5.41) is 0. The molecule has 0 N–H and O–H groups in total. The Balaban J connectivity index is 5.43. The zero-order valence-corrected chi connectivity index (χ0v) is 9.50. The average Bonchev–Trinajstić information content (AvgIpc) is 1.95. The predicted octanol–water partition coefficient (Wildman–Crippen LogP) is 0.660. The minimum atomic E-state index is -6.36. The van der Waals surface area contributed by atoms with Crippen LogP contribution in [0.4, 0.5) is 26.3 Å². The van der Waals surface area contributed by atoms with E-state index in [1.807, 2.05) is 0 Å². The van der Waals surface area contributed by atoms with Gasteiger partial charge in [0.25, 0.3) is 0 Å². The lowest BCUT2D eigenvalue weighted by atomic mass is 10.8. The maximum absolute atomic E-state index is 11.9. The highest BCUT2D eigenvalue weighted by atomic mass is 32.3. The molecule has 0 bridgehead atoms. The summed E-state index contributed by atoms with van der Waals surface area (Å²) in [4.78, 5) is 0. The first-order valence-electron chi connectivity index (χ1n) is 3.46. The molecule has 104 valence electrons. The number of nitrogens with zero attached hydrogens (tertiary/aromatic N) is 1. The van der Waals surface area contributed by atoms with E-state index < -0.39 is 41.2 Å². The highest BCUT2D eigenvalue weighted by Gasteiger charge is 2.54. The summed E-state index contributed by atoms with van der Waals surface area (Å²) < 4.78 is 112. The standard InChI is InChI=1S/C4H5F6NO4S2/c1-11(17(14,15)4(8,9)10)16(12,13)2-3(5,6)7/h2H2,1H3. The van der Waals surface area contributed by atoms with Crippen molar-refractivity contribution in [1.29, 1.82) is 0 Å². The van der Waals surface area contributed by atoms with Crippen LogP contribution >= 0.6 is 0 Å². The van der Waals surface area contributed by atoms with Crippen LogP contribution in [0.1, 0.15) is 0 Å². The Hall–Kier alpha value is -0.560. The lowest BCUT2D eigenvalue weighted by Crippen LogP contribution is -2.44. The third-order valence-corrected chi connectivity index (χ3v) is 5.38. The molecule has 0 spiro atoms. The lowest BCUT2D eigenvalue weighted by Gasteiger charge is -2.19. The summed E-state index contributed by atoms with van der Waals surface area (Å²) in [5.74, 6) is -2.70.